The molecule has 0 spiro atoms. The summed E-state index contributed by atoms with van der Waals surface area (Å²) in [6.07, 6.45) is 7.35. The molecule has 0 aromatic carbocycles. The summed E-state index contributed by atoms with van der Waals surface area (Å²) in [5.74, 6) is 0. The van der Waals surface area contributed by atoms with Gasteiger partial charge in [-0.15, -0.1) is 0 Å². The maximum absolute atomic E-state index is 9.37. The van der Waals surface area contributed by atoms with E-state index in [1.165, 1.54) is 32.1 Å². The Hall–Kier alpha value is 0.0249. The Bertz CT molecular complexity index is 86.1. The standard InChI is InChI=1S/C9H21BO/c1-3-4-5-6-7-8-9(2,10)11/h11H,3-8,10H2,1-2H3. The van der Waals surface area contributed by atoms with Crippen LogP contribution in [0.3, 0.4) is 0 Å². The van der Waals surface area contributed by atoms with E-state index in [1.54, 1.807) is 0 Å². The second-order valence-corrected chi connectivity index (χ2v) is 3.98. The lowest BCUT2D eigenvalue weighted by atomic mass is 9.79. The van der Waals surface area contributed by atoms with Gasteiger partial charge in [-0.2, -0.15) is 0 Å². The molecule has 0 amide bonds. The molecular formula is C9H21BO. The summed E-state index contributed by atoms with van der Waals surface area (Å²) in [5, 5.41) is 9.37. The molecule has 0 saturated carbocycles. The second kappa shape index (κ2) is 5.65. The number of aliphatic hydroxyl groups is 1. The predicted molar refractivity (Wildman–Crippen MR) is 52.5 cm³/mol. The molecule has 2 heteroatoms. The zero-order valence-corrected chi connectivity index (χ0v) is 8.19. The average Bonchev–Trinajstić information content (AvgIpc) is 1.85. The quantitative estimate of drug-likeness (QED) is 0.458. The van der Waals surface area contributed by atoms with Gasteiger partial charge in [-0.25, -0.2) is 0 Å². The van der Waals surface area contributed by atoms with Gasteiger partial charge < -0.3 is 5.11 Å². The van der Waals surface area contributed by atoms with Crippen LogP contribution < -0.4 is 0 Å². The Balaban J connectivity index is 3.02. The van der Waals surface area contributed by atoms with Crippen molar-refractivity contribution in [2.75, 3.05) is 0 Å². The smallest absolute Gasteiger partial charge is 0.142 e. The number of hydrogen-bond acceptors (Lipinski definition) is 1. The van der Waals surface area contributed by atoms with E-state index in [1.807, 2.05) is 14.8 Å². The van der Waals surface area contributed by atoms with Crippen LogP contribution >= 0.6 is 0 Å². The van der Waals surface area contributed by atoms with E-state index < -0.39 is 5.50 Å². The third kappa shape index (κ3) is 10.0. The Kier molecular flexibility index (Phi) is 5.66. The molecule has 0 aromatic heterocycles. The lowest BCUT2D eigenvalue weighted by Gasteiger charge is -2.16. The minimum atomic E-state index is -0.452. The van der Waals surface area contributed by atoms with Crippen molar-refractivity contribution in [3.05, 3.63) is 0 Å². The normalized spacial score (nSPS) is 16.3. The van der Waals surface area contributed by atoms with Gasteiger partial charge in [-0.3, -0.25) is 0 Å². The van der Waals surface area contributed by atoms with Gasteiger partial charge in [0.15, 0.2) is 0 Å². The van der Waals surface area contributed by atoms with E-state index in [4.69, 9.17) is 0 Å². The Morgan fingerprint density at radius 3 is 2.18 bits per heavy atom. The van der Waals surface area contributed by atoms with E-state index in [0.717, 1.165) is 6.42 Å². The van der Waals surface area contributed by atoms with Crippen LogP contribution in [0.5, 0.6) is 0 Å². The first kappa shape index (κ1) is 11.0. The van der Waals surface area contributed by atoms with E-state index in [9.17, 15) is 5.11 Å². The maximum atomic E-state index is 9.37. The molecule has 0 aromatic rings. The molecule has 66 valence electrons. The monoisotopic (exact) mass is 156 g/mol. The minimum absolute atomic E-state index is 0.452. The molecule has 0 aliphatic heterocycles. The highest BCUT2D eigenvalue weighted by atomic mass is 16.3. The Labute approximate surface area is 71.6 Å². The van der Waals surface area contributed by atoms with E-state index in [2.05, 4.69) is 6.92 Å². The van der Waals surface area contributed by atoms with Gasteiger partial charge in [0, 0.05) is 5.50 Å². The molecule has 1 atom stereocenters. The highest BCUT2D eigenvalue weighted by Crippen LogP contribution is 2.11. The minimum Gasteiger partial charge on any atom is -0.399 e. The first-order valence-electron chi connectivity index (χ1n) is 4.78. The van der Waals surface area contributed by atoms with E-state index in [0.29, 0.717) is 0 Å². The zero-order valence-electron chi connectivity index (χ0n) is 8.19. The number of hydrogen-bond donors (Lipinski definition) is 1. The van der Waals surface area contributed by atoms with Gasteiger partial charge in [0.1, 0.15) is 7.85 Å². The summed E-state index contributed by atoms with van der Waals surface area (Å²) in [7, 11) is 1.88. The third-order valence-corrected chi connectivity index (χ3v) is 1.89. The van der Waals surface area contributed by atoms with Crippen molar-refractivity contribution in [2.24, 2.45) is 0 Å². The topological polar surface area (TPSA) is 20.2 Å². The van der Waals surface area contributed by atoms with Gasteiger partial charge in [-0.05, 0) is 13.3 Å². The van der Waals surface area contributed by atoms with Crippen molar-refractivity contribution >= 4 is 7.85 Å². The van der Waals surface area contributed by atoms with Crippen molar-refractivity contribution in [1.82, 2.24) is 0 Å². The first-order chi connectivity index (χ1) is 5.06. The van der Waals surface area contributed by atoms with E-state index >= 15 is 0 Å². The van der Waals surface area contributed by atoms with Crippen molar-refractivity contribution in [1.29, 1.82) is 0 Å². The van der Waals surface area contributed by atoms with Gasteiger partial charge in [0.25, 0.3) is 0 Å². The fourth-order valence-corrected chi connectivity index (χ4v) is 1.16. The fraction of sp³-hybridized carbons (Fsp3) is 1.00. The van der Waals surface area contributed by atoms with Crippen LogP contribution in [0.2, 0.25) is 0 Å². The molecule has 1 unspecified atom stereocenters. The van der Waals surface area contributed by atoms with Crippen LogP contribution in [0.4, 0.5) is 0 Å². The summed E-state index contributed by atoms with van der Waals surface area (Å²) in [5.41, 5.74) is -0.452. The molecule has 0 fully saturated rings. The molecule has 1 nitrogen and oxygen atoms in total. The van der Waals surface area contributed by atoms with Gasteiger partial charge in [0.2, 0.25) is 0 Å². The van der Waals surface area contributed by atoms with E-state index in [-0.39, 0.29) is 0 Å². The molecule has 0 aliphatic rings. The average molecular weight is 156 g/mol. The summed E-state index contributed by atoms with van der Waals surface area (Å²) in [6, 6.07) is 0. The van der Waals surface area contributed by atoms with Crippen LogP contribution in [0.25, 0.3) is 0 Å². The molecule has 11 heavy (non-hydrogen) atoms. The molecule has 1 N–H and O–H groups in total. The highest BCUT2D eigenvalue weighted by molar-refractivity contribution is 6.13. The lowest BCUT2D eigenvalue weighted by Crippen LogP contribution is -2.23. The summed E-state index contributed by atoms with van der Waals surface area (Å²) < 4.78 is 0. The van der Waals surface area contributed by atoms with Crippen LogP contribution in [-0.4, -0.2) is 18.5 Å². The first-order valence-corrected chi connectivity index (χ1v) is 4.78. The van der Waals surface area contributed by atoms with Crippen molar-refractivity contribution in [3.8, 4) is 0 Å². The molecule has 0 rings (SSSR count). The summed E-state index contributed by atoms with van der Waals surface area (Å²) in [6.45, 7) is 4.10. The largest absolute Gasteiger partial charge is 0.399 e. The van der Waals surface area contributed by atoms with Gasteiger partial charge in [-0.1, -0.05) is 39.0 Å². The lowest BCUT2D eigenvalue weighted by molar-refractivity contribution is 0.134. The van der Waals surface area contributed by atoms with Crippen LogP contribution in [0.15, 0.2) is 0 Å². The van der Waals surface area contributed by atoms with Crippen LogP contribution in [0.1, 0.15) is 52.4 Å². The SMILES string of the molecule is BC(C)(O)CCCCCCC. The molecular weight excluding hydrogens is 135 g/mol. The predicted octanol–water partition coefficient (Wildman–Crippen LogP) is 1.69. The zero-order chi connectivity index (χ0) is 8.74. The Morgan fingerprint density at radius 2 is 1.73 bits per heavy atom. The maximum Gasteiger partial charge on any atom is 0.142 e. The van der Waals surface area contributed by atoms with Gasteiger partial charge >= 0.3 is 0 Å². The van der Waals surface area contributed by atoms with Gasteiger partial charge in [0.05, 0.1) is 0 Å². The third-order valence-electron chi connectivity index (χ3n) is 1.89. The fourth-order valence-electron chi connectivity index (χ4n) is 1.16. The summed E-state index contributed by atoms with van der Waals surface area (Å²) in [4.78, 5) is 0. The van der Waals surface area contributed by atoms with Crippen LogP contribution in [0, 0.1) is 0 Å². The molecule has 0 aliphatic carbocycles. The molecule has 0 saturated heterocycles. The van der Waals surface area contributed by atoms with Crippen molar-refractivity contribution < 1.29 is 5.11 Å². The molecule has 0 heterocycles. The number of unbranched alkanes of at least 4 members (excludes halogenated alkanes) is 4. The Morgan fingerprint density at radius 1 is 1.18 bits per heavy atom. The number of rotatable bonds is 6. The molecule has 0 radical (unpaired) electrons. The second-order valence-electron chi connectivity index (χ2n) is 3.98. The molecule has 0 bridgehead atoms. The summed E-state index contributed by atoms with van der Waals surface area (Å²) >= 11 is 0. The highest BCUT2D eigenvalue weighted by Gasteiger charge is 2.10. The van der Waals surface area contributed by atoms with Crippen LogP contribution in [-0.2, 0) is 0 Å². The van der Waals surface area contributed by atoms with Crippen molar-refractivity contribution in [2.45, 2.75) is 57.9 Å². The van der Waals surface area contributed by atoms with Crippen molar-refractivity contribution in [3.63, 3.8) is 0 Å².